The lowest BCUT2D eigenvalue weighted by Gasteiger charge is -2.21. The van der Waals surface area contributed by atoms with Crippen LogP contribution in [0.3, 0.4) is 0 Å². The van der Waals surface area contributed by atoms with Gasteiger partial charge in [-0.3, -0.25) is 0 Å². The molecule has 25 heavy (non-hydrogen) atoms. The van der Waals surface area contributed by atoms with Crippen molar-refractivity contribution in [3.8, 4) is 11.8 Å². The molecule has 0 spiro atoms. The topological polar surface area (TPSA) is 29.5 Å². The lowest BCUT2D eigenvalue weighted by atomic mass is 10.1. The van der Waals surface area contributed by atoms with E-state index in [1.54, 1.807) is 6.92 Å². The number of anilines is 1. The minimum Gasteiger partial charge on any atom is -0.462 e. The zero-order chi connectivity index (χ0) is 18.1. The van der Waals surface area contributed by atoms with Crippen LogP contribution in [0, 0.1) is 11.8 Å². The maximum Gasteiger partial charge on any atom is 0.338 e. The Bertz CT molecular complexity index is 757. The second-order valence-electron chi connectivity index (χ2n) is 5.84. The third kappa shape index (κ3) is 5.39. The average Bonchev–Trinajstić information content (AvgIpc) is 2.65. The van der Waals surface area contributed by atoms with E-state index in [2.05, 4.69) is 30.7 Å². The van der Waals surface area contributed by atoms with Gasteiger partial charge in [-0.15, -0.1) is 0 Å². The van der Waals surface area contributed by atoms with E-state index in [1.165, 1.54) is 0 Å². The number of carbonyl (C=O) groups is 1. The second kappa shape index (κ2) is 9.54. The molecule has 0 atom stereocenters. The van der Waals surface area contributed by atoms with Gasteiger partial charge in [0.2, 0.25) is 0 Å². The molecule has 2 aromatic carbocycles. The fourth-order valence-electron chi connectivity index (χ4n) is 2.49. The molecule has 0 amide bonds. The van der Waals surface area contributed by atoms with Crippen LogP contribution in [0.15, 0.2) is 48.5 Å². The highest BCUT2D eigenvalue weighted by molar-refractivity contribution is 5.90. The normalized spacial score (nSPS) is 9.88. The van der Waals surface area contributed by atoms with Gasteiger partial charge in [-0.1, -0.05) is 43.4 Å². The van der Waals surface area contributed by atoms with Gasteiger partial charge >= 0.3 is 5.97 Å². The van der Waals surface area contributed by atoms with Crippen LogP contribution < -0.4 is 4.90 Å². The van der Waals surface area contributed by atoms with Gasteiger partial charge in [0.25, 0.3) is 0 Å². The van der Waals surface area contributed by atoms with Crippen LogP contribution in [0.25, 0.3) is 0 Å². The lowest BCUT2D eigenvalue weighted by molar-refractivity contribution is 0.0526. The highest BCUT2D eigenvalue weighted by Crippen LogP contribution is 2.21. The van der Waals surface area contributed by atoms with E-state index < -0.39 is 0 Å². The Labute approximate surface area is 150 Å². The molecule has 0 saturated heterocycles. The van der Waals surface area contributed by atoms with E-state index >= 15 is 0 Å². The van der Waals surface area contributed by atoms with Gasteiger partial charge in [-0.05, 0) is 43.7 Å². The van der Waals surface area contributed by atoms with Crippen molar-refractivity contribution in [2.75, 3.05) is 25.1 Å². The number of rotatable bonds is 6. The summed E-state index contributed by atoms with van der Waals surface area (Å²) in [5.41, 5.74) is 3.36. The van der Waals surface area contributed by atoms with Crippen LogP contribution in [0.4, 0.5) is 5.69 Å². The monoisotopic (exact) mass is 335 g/mol. The second-order valence-corrected chi connectivity index (χ2v) is 5.84. The predicted octanol–water partition coefficient (Wildman–Crippen LogP) is 4.50. The number of hydrogen-bond acceptors (Lipinski definition) is 3. The van der Waals surface area contributed by atoms with E-state index in [9.17, 15) is 4.79 Å². The zero-order valence-electron chi connectivity index (χ0n) is 15.2. The first-order valence-corrected chi connectivity index (χ1v) is 8.75. The number of ether oxygens (including phenoxy) is 1. The summed E-state index contributed by atoms with van der Waals surface area (Å²) in [6.07, 6.45) is 2.25. The summed E-state index contributed by atoms with van der Waals surface area (Å²) in [5, 5.41) is 0. The maximum absolute atomic E-state index is 12.0. The summed E-state index contributed by atoms with van der Waals surface area (Å²) in [4.78, 5) is 14.2. The average molecular weight is 335 g/mol. The van der Waals surface area contributed by atoms with Crippen LogP contribution >= 0.6 is 0 Å². The van der Waals surface area contributed by atoms with Gasteiger partial charge < -0.3 is 9.64 Å². The largest absolute Gasteiger partial charge is 0.462 e. The minimum absolute atomic E-state index is 0.312. The van der Waals surface area contributed by atoms with E-state index in [0.29, 0.717) is 12.2 Å². The molecule has 3 heteroatoms. The van der Waals surface area contributed by atoms with Gasteiger partial charge in [-0.2, -0.15) is 0 Å². The minimum atomic E-state index is -0.312. The van der Waals surface area contributed by atoms with Crippen LogP contribution in [0.2, 0.25) is 0 Å². The van der Waals surface area contributed by atoms with E-state index in [-0.39, 0.29) is 5.97 Å². The summed E-state index contributed by atoms with van der Waals surface area (Å²) in [7, 11) is 2.06. The maximum atomic E-state index is 12.0. The van der Waals surface area contributed by atoms with Crippen LogP contribution in [0.5, 0.6) is 0 Å². The van der Waals surface area contributed by atoms with Crippen LogP contribution in [-0.4, -0.2) is 26.2 Å². The molecular formula is C22H25NO2. The molecule has 2 aromatic rings. The molecule has 0 heterocycles. The fourth-order valence-corrected chi connectivity index (χ4v) is 2.49. The highest BCUT2D eigenvalue weighted by Gasteiger charge is 2.12. The van der Waals surface area contributed by atoms with Crippen molar-refractivity contribution < 1.29 is 9.53 Å². The molecule has 0 N–H and O–H groups in total. The number of carbonyl (C=O) groups excluding carboxylic acids is 1. The lowest BCUT2D eigenvalue weighted by Crippen LogP contribution is -2.19. The van der Waals surface area contributed by atoms with Gasteiger partial charge in [0.05, 0.1) is 17.9 Å². The Balaban J connectivity index is 2.38. The number of esters is 1. The molecule has 0 aromatic heterocycles. The molecule has 0 aliphatic rings. The van der Waals surface area contributed by atoms with Crippen molar-refractivity contribution in [1.29, 1.82) is 0 Å². The molecule has 2 rings (SSSR count). The summed E-state index contributed by atoms with van der Waals surface area (Å²) in [5.74, 6) is 6.09. The number of benzene rings is 2. The van der Waals surface area contributed by atoms with Gasteiger partial charge in [0, 0.05) is 24.7 Å². The SMILES string of the molecule is CCCCN(C)c1ccc(C(=O)OCC)cc1C#Cc1ccccc1. The van der Waals surface area contributed by atoms with Gasteiger partial charge in [0.1, 0.15) is 0 Å². The van der Waals surface area contributed by atoms with Crippen molar-refractivity contribution in [3.63, 3.8) is 0 Å². The Kier molecular flexibility index (Phi) is 7.10. The van der Waals surface area contributed by atoms with E-state index in [0.717, 1.165) is 36.2 Å². The number of nitrogens with zero attached hydrogens (tertiary/aromatic N) is 1. The predicted molar refractivity (Wildman–Crippen MR) is 103 cm³/mol. The standard InChI is InChI=1S/C22H25NO2/c1-4-6-16-23(3)21-15-14-20(22(24)25-5-2)17-19(21)13-12-18-10-8-7-9-11-18/h7-11,14-15,17H,4-6,16H2,1-3H3. The highest BCUT2D eigenvalue weighted by atomic mass is 16.5. The summed E-state index contributed by atoms with van der Waals surface area (Å²) in [6.45, 7) is 5.30. The Hall–Kier alpha value is -2.73. The molecule has 130 valence electrons. The molecule has 0 saturated carbocycles. The molecule has 0 radical (unpaired) electrons. The van der Waals surface area contributed by atoms with E-state index in [4.69, 9.17) is 4.74 Å². The third-order valence-electron chi connectivity index (χ3n) is 3.88. The van der Waals surface area contributed by atoms with Crippen molar-refractivity contribution in [1.82, 2.24) is 0 Å². The van der Waals surface area contributed by atoms with Gasteiger partial charge in [0.15, 0.2) is 0 Å². The molecule has 0 fully saturated rings. The molecule has 3 nitrogen and oxygen atoms in total. The first-order chi connectivity index (χ1) is 12.2. The summed E-state index contributed by atoms with van der Waals surface area (Å²) in [6, 6.07) is 15.4. The van der Waals surface area contributed by atoms with Crippen molar-refractivity contribution >= 4 is 11.7 Å². The third-order valence-corrected chi connectivity index (χ3v) is 3.88. The molecular weight excluding hydrogens is 310 g/mol. The Morgan fingerprint density at radius 1 is 1.08 bits per heavy atom. The Morgan fingerprint density at radius 2 is 1.84 bits per heavy atom. The van der Waals surface area contributed by atoms with Crippen molar-refractivity contribution in [2.45, 2.75) is 26.7 Å². The first-order valence-electron chi connectivity index (χ1n) is 8.75. The first kappa shape index (κ1) is 18.6. The number of unbranched alkanes of at least 4 members (excludes halogenated alkanes) is 1. The van der Waals surface area contributed by atoms with Crippen LogP contribution in [0.1, 0.15) is 48.2 Å². The van der Waals surface area contributed by atoms with Gasteiger partial charge in [-0.25, -0.2) is 4.79 Å². The fraction of sp³-hybridized carbons (Fsp3) is 0.318. The van der Waals surface area contributed by atoms with Crippen LogP contribution in [-0.2, 0) is 4.74 Å². The zero-order valence-corrected chi connectivity index (χ0v) is 15.2. The Morgan fingerprint density at radius 3 is 2.52 bits per heavy atom. The molecule has 0 bridgehead atoms. The smallest absolute Gasteiger partial charge is 0.338 e. The summed E-state index contributed by atoms with van der Waals surface area (Å²) < 4.78 is 5.11. The quantitative estimate of drug-likeness (QED) is 0.575. The molecule has 0 aliphatic carbocycles. The van der Waals surface area contributed by atoms with E-state index in [1.807, 2.05) is 48.5 Å². The van der Waals surface area contributed by atoms with Crippen molar-refractivity contribution in [3.05, 3.63) is 65.2 Å². The number of hydrogen-bond donors (Lipinski definition) is 0. The molecule has 0 unspecified atom stereocenters. The molecule has 0 aliphatic heterocycles. The van der Waals surface area contributed by atoms with Crippen molar-refractivity contribution in [2.24, 2.45) is 0 Å². The summed E-state index contributed by atoms with van der Waals surface area (Å²) >= 11 is 0.